The molecular formula is C9H19NO2Si. The van der Waals surface area contributed by atoms with E-state index in [0.29, 0.717) is 12.8 Å². The smallest absolute Gasteiger partial charge is 0.323 e. The summed E-state index contributed by atoms with van der Waals surface area (Å²) in [5.41, 5.74) is 4.92. The first-order valence-electron chi connectivity index (χ1n) is 4.88. The van der Waals surface area contributed by atoms with Gasteiger partial charge in [0.1, 0.15) is 5.54 Å². The van der Waals surface area contributed by atoms with Gasteiger partial charge in [0.2, 0.25) is 0 Å². The van der Waals surface area contributed by atoms with E-state index in [1.807, 2.05) is 0 Å². The van der Waals surface area contributed by atoms with E-state index in [4.69, 9.17) is 10.8 Å². The van der Waals surface area contributed by atoms with Crippen molar-refractivity contribution in [3.63, 3.8) is 0 Å². The highest BCUT2D eigenvalue weighted by Crippen LogP contribution is 2.31. The van der Waals surface area contributed by atoms with Crippen molar-refractivity contribution in [2.45, 2.75) is 50.0 Å². The zero-order valence-corrected chi connectivity index (χ0v) is 9.47. The van der Waals surface area contributed by atoms with Gasteiger partial charge in [-0.25, -0.2) is 0 Å². The Bertz CT molecular complexity index is 218. The highest BCUT2D eigenvalue weighted by Gasteiger charge is 2.38. The Morgan fingerprint density at radius 3 is 2.54 bits per heavy atom. The maximum atomic E-state index is 10.9. The van der Waals surface area contributed by atoms with Crippen molar-refractivity contribution in [1.82, 2.24) is 0 Å². The second-order valence-corrected chi connectivity index (χ2v) is 10.3. The normalized spacial score (nSPS) is 33.8. The van der Waals surface area contributed by atoms with E-state index in [0.717, 1.165) is 12.5 Å². The molecule has 0 aromatic heterocycles. The lowest BCUT2D eigenvalue weighted by atomic mass is 9.92. The first kappa shape index (κ1) is 10.7. The summed E-state index contributed by atoms with van der Waals surface area (Å²) >= 11 is 0. The van der Waals surface area contributed by atoms with Gasteiger partial charge < -0.3 is 10.8 Å². The third-order valence-corrected chi connectivity index (χ3v) is 6.46. The highest BCUT2D eigenvalue weighted by atomic mass is 28.3. The van der Waals surface area contributed by atoms with E-state index < -0.39 is 19.6 Å². The molecule has 0 aromatic rings. The van der Waals surface area contributed by atoms with Crippen LogP contribution in [0.4, 0.5) is 0 Å². The summed E-state index contributed by atoms with van der Waals surface area (Å²) in [6.45, 7) is 4.64. The van der Waals surface area contributed by atoms with E-state index >= 15 is 0 Å². The van der Waals surface area contributed by atoms with Crippen molar-refractivity contribution in [3.8, 4) is 0 Å². The van der Waals surface area contributed by atoms with Gasteiger partial charge in [0.05, 0.1) is 0 Å². The second kappa shape index (κ2) is 3.42. The summed E-state index contributed by atoms with van der Waals surface area (Å²) in [6.07, 6.45) is 2.31. The molecule has 0 radical (unpaired) electrons. The second-order valence-electron chi connectivity index (χ2n) is 4.98. The molecule has 0 saturated carbocycles. The molecule has 3 nitrogen and oxygen atoms in total. The number of hydrogen-bond acceptors (Lipinski definition) is 2. The summed E-state index contributed by atoms with van der Waals surface area (Å²) in [4.78, 5) is 10.9. The largest absolute Gasteiger partial charge is 0.480 e. The molecule has 0 aromatic carbocycles. The summed E-state index contributed by atoms with van der Waals surface area (Å²) in [7, 11) is -1.12. The number of carbonyl (C=O) groups is 1. The van der Waals surface area contributed by atoms with Crippen molar-refractivity contribution in [1.29, 1.82) is 0 Å². The lowest BCUT2D eigenvalue weighted by Crippen LogP contribution is -2.47. The quantitative estimate of drug-likeness (QED) is 0.634. The van der Waals surface area contributed by atoms with Gasteiger partial charge in [-0.3, -0.25) is 4.79 Å². The molecule has 1 aliphatic heterocycles. The van der Waals surface area contributed by atoms with Crippen LogP contribution in [0.25, 0.3) is 0 Å². The molecule has 0 amide bonds. The molecule has 1 rings (SSSR count). The fraction of sp³-hybridized carbons (Fsp3) is 0.889. The average Bonchev–Trinajstić information content (AvgIpc) is 2.12. The Balaban J connectivity index is 2.69. The van der Waals surface area contributed by atoms with Crippen molar-refractivity contribution < 1.29 is 9.90 Å². The maximum absolute atomic E-state index is 10.9. The minimum atomic E-state index is -1.12. The van der Waals surface area contributed by atoms with Gasteiger partial charge in [0, 0.05) is 8.07 Å². The summed E-state index contributed by atoms with van der Waals surface area (Å²) in [6, 6.07) is 2.27. The first-order valence-corrected chi connectivity index (χ1v) is 8.29. The summed E-state index contributed by atoms with van der Waals surface area (Å²) in [5, 5.41) is 8.98. The van der Waals surface area contributed by atoms with E-state index in [-0.39, 0.29) is 0 Å². The summed E-state index contributed by atoms with van der Waals surface area (Å²) < 4.78 is 0. The van der Waals surface area contributed by atoms with Crippen LogP contribution in [-0.2, 0) is 4.79 Å². The summed E-state index contributed by atoms with van der Waals surface area (Å²) in [5.74, 6) is -0.820. The van der Waals surface area contributed by atoms with Gasteiger partial charge in [-0.15, -0.1) is 0 Å². The molecule has 1 atom stereocenters. The number of aliphatic carboxylic acids is 1. The van der Waals surface area contributed by atoms with Gasteiger partial charge in [-0.2, -0.15) is 0 Å². The minimum absolute atomic E-state index is 0.652. The third-order valence-electron chi connectivity index (χ3n) is 3.15. The van der Waals surface area contributed by atoms with Crippen molar-refractivity contribution in [2.75, 3.05) is 0 Å². The monoisotopic (exact) mass is 201 g/mol. The van der Waals surface area contributed by atoms with E-state index in [1.165, 1.54) is 6.04 Å². The topological polar surface area (TPSA) is 63.3 Å². The minimum Gasteiger partial charge on any atom is -0.480 e. The van der Waals surface area contributed by atoms with Crippen LogP contribution < -0.4 is 5.73 Å². The number of rotatable bonds is 1. The Kier molecular flexibility index (Phi) is 2.82. The molecule has 0 spiro atoms. The van der Waals surface area contributed by atoms with E-state index in [9.17, 15) is 4.79 Å². The van der Waals surface area contributed by atoms with Crippen LogP contribution in [0.2, 0.25) is 25.2 Å². The number of nitrogens with two attached hydrogens (primary N) is 1. The number of carboxylic acids is 1. The van der Waals surface area contributed by atoms with Crippen LogP contribution in [0.5, 0.6) is 0 Å². The zero-order valence-electron chi connectivity index (χ0n) is 8.47. The molecular weight excluding hydrogens is 182 g/mol. The van der Waals surface area contributed by atoms with Crippen LogP contribution in [0.3, 0.4) is 0 Å². The molecule has 13 heavy (non-hydrogen) atoms. The Morgan fingerprint density at radius 1 is 1.38 bits per heavy atom. The fourth-order valence-electron chi connectivity index (χ4n) is 1.91. The lowest BCUT2D eigenvalue weighted by molar-refractivity contribution is -0.143. The number of carboxylic acid groups (broad SMARTS) is 1. The predicted octanol–water partition coefficient (Wildman–Crippen LogP) is 1.66. The zero-order chi connectivity index (χ0) is 10.1. The molecule has 0 aliphatic carbocycles. The van der Waals surface area contributed by atoms with E-state index in [1.54, 1.807) is 0 Å². The molecule has 0 unspecified atom stereocenters. The SMILES string of the molecule is C[Si]1(C)CCC[C@](N)(C(=O)O)CC1. The van der Waals surface area contributed by atoms with Gasteiger partial charge in [-0.1, -0.05) is 31.6 Å². The maximum Gasteiger partial charge on any atom is 0.323 e. The van der Waals surface area contributed by atoms with Crippen LogP contribution in [0, 0.1) is 0 Å². The lowest BCUT2D eigenvalue weighted by Gasteiger charge is -2.23. The highest BCUT2D eigenvalue weighted by molar-refractivity contribution is 6.77. The molecule has 0 bridgehead atoms. The predicted molar refractivity (Wildman–Crippen MR) is 55.5 cm³/mol. The Hall–Kier alpha value is -0.353. The number of hydrogen-bond donors (Lipinski definition) is 2. The standard InChI is InChI=1S/C9H19NO2Si/c1-13(2)6-3-4-9(10,5-7-13)8(11)12/h3-7,10H2,1-2H3,(H,11,12)/t9-/m1/s1. The van der Waals surface area contributed by atoms with Crippen molar-refractivity contribution in [3.05, 3.63) is 0 Å². The molecule has 3 N–H and O–H groups in total. The molecule has 1 aliphatic rings. The molecule has 4 heteroatoms. The van der Waals surface area contributed by atoms with Crippen LogP contribution in [-0.4, -0.2) is 24.7 Å². The van der Waals surface area contributed by atoms with Crippen LogP contribution in [0.1, 0.15) is 19.3 Å². The molecule has 1 fully saturated rings. The van der Waals surface area contributed by atoms with Crippen molar-refractivity contribution in [2.24, 2.45) is 5.73 Å². The van der Waals surface area contributed by atoms with Crippen molar-refractivity contribution >= 4 is 14.0 Å². The molecule has 1 saturated heterocycles. The van der Waals surface area contributed by atoms with Crippen LogP contribution >= 0.6 is 0 Å². The Labute approximate surface area is 80.3 Å². The van der Waals surface area contributed by atoms with Gasteiger partial charge in [0.15, 0.2) is 0 Å². The van der Waals surface area contributed by atoms with Gasteiger partial charge in [0.25, 0.3) is 0 Å². The first-order chi connectivity index (χ1) is 5.86. The molecule has 1 heterocycles. The fourth-order valence-corrected chi connectivity index (χ4v) is 4.41. The Morgan fingerprint density at radius 2 is 2.00 bits per heavy atom. The third kappa shape index (κ3) is 2.54. The van der Waals surface area contributed by atoms with Gasteiger partial charge in [-0.05, 0) is 12.8 Å². The van der Waals surface area contributed by atoms with E-state index in [2.05, 4.69) is 13.1 Å². The average molecular weight is 201 g/mol. The van der Waals surface area contributed by atoms with Gasteiger partial charge >= 0.3 is 5.97 Å². The molecule has 76 valence electrons. The van der Waals surface area contributed by atoms with Crippen LogP contribution in [0.15, 0.2) is 0 Å².